The van der Waals surface area contributed by atoms with Crippen LogP contribution in [-0.4, -0.2) is 83.4 Å². The van der Waals surface area contributed by atoms with E-state index in [0.29, 0.717) is 24.5 Å². The number of ether oxygens (including phenoxy) is 2. The SMILES string of the molecule is CCNC(=O)[C@@H](NC(=O)[C@H](C)NC[C@H](Cc1ccccc1)NC(=O)c1cc(C(=O)NCc2ccc3c(c2)OCO3)cc(N(C)S(C)(=O)=O)c1)C(C)C. The predicted octanol–water partition coefficient (Wildman–Crippen LogP) is 2.34. The molecule has 0 fully saturated rings. The van der Waals surface area contributed by atoms with Gasteiger partial charge in [0, 0.05) is 43.9 Å². The number of nitrogens with one attached hydrogen (secondary N) is 5. The minimum absolute atomic E-state index is 0.0618. The molecule has 0 aliphatic carbocycles. The number of rotatable bonds is 17. The van der Waals surface area contributed by atoms with E-state index in [9.17, 15) is 27.6 Å². The summed E-state index contributed by atoms with van der Waals surface area (Å²) in [5.41, 5.74) is 1.94. The van der Waals surface area contributed by atoms with Crippen molar-refractivity contribution in [3.05, 3.63) is 89.0 Å². The zero-order chi connectivity index (χ0) is 38.0. The van der Waals surface area contributed by atoms with Gasteiger partial charge in [-0.05, 0) is 67.6 Å². The molecule has 0 saturated heterocycles. The van der Waals surface area contributed by atoms with Crippen LogP contribution in [0.1, 0.15) is 59.5 Å². The van der Waals surface area contributed by atoms with Crippen molar-refractivity contribution in [2.75, 3.05) is 37.5 Å². The lowest BCUT2D eigenvalue weighted by molar-refractivity contribution is -0.130. The average molecular weight is 737 g/mol. The maximum absolute atomic E-state index is 13.9. The van der Waals surface area contributed by atoms with Gasteiger partial charge in [0.15, 0.2) is 11.5 Å². The standard InChI is InChI=1S/C37H48N6O8S/c1-7-38-37(47)33(23(2)3)42-34(44)24(4)39-21-29(15-25-11-9-8-10-12-25)41-36(46)28-17-27(18-30(19-28)43(5)52(6,48)49)35(45)40-20-26-13-14-31-32(16-26)51-22-50-31/h8-14,16-19,23-24,29,33,39H,7,15,20-22H2,1-6H3,(H,38,47)(H,40,45)(H,41,46)(H,42,44)/t24-,29-,33-/m0/s1. The second-order valence-electron chi connectivity index (χ2n) is 13.0. The second-order valence-corrected chi connectivity index (χ2v) is 15.0. The first-order valence-corrected chi connectivity index (χ1v) is 18.9. The molecule has 4 amide bonds. The van der Waals surface area contributed by atoms with Crippen molar-refractivity contribution in [3.63, 3.8) is 0 Å². The topological polar surface area (TPSA) is 184 Å². The van der Waals surface area contributed by atoms with Gasteiger partial charge in [-0.25, -0.2) is 8.42 Å². The van der Waals surface area contributed by atoms with Crippen LogP contribution in [0.25, 0.3) is 0 Å². The third-order valence-electron chi connectivity index (χ3n) is 8.52. The van der Waals surface area contributed by atoms with Crippen LogP contribution in [0.2, 0.25) is 0 Å². The smallest absolute Gasteiger partial charge is 0.251 e. The van der Waals surface area contributed by atoms with Gasteiger partial charge in [0.2, 0.25) is 28.6 Å². The first kappa shape index (κ1) is 39.6. The molecule has 15 heteroatoms. The van der Waals surface area contributed by atoms with E-state index in [-0.39, 0.29) is 54.4 Å². The van der Waals surface area contributed by atoms with Gasteiger partial charge in [-0.15, -0.1) is 0 Å². The van der Waals surface area contributed by atoms with E-state index >= 15 is 0 Å². The summed E-state index contributed by atoms with van der Waals surface area (Å²) in [5.74, 6) is -0.677. The van der Waals surface area contributed by atoms with Crippen molar-refractivity contribution in [1.29, 1.82) is 0 Å². The highest BCUT2D eigenvalue weighted by atomic mass is 32.2. The van der Waals surface area contributed by atoms with E-state index in [1.807, 2.05) is 44.2 Å². The number of anilines is 1. The van der Waals surface area contributed by atoms with Crippen molar-refractivity contribution in [1.82, 2.24) is 26.6 Å². The van der Waals surface area contributed by atoms with Gasteiger partial charge in [0.05, 0.1) is 18.0 Å². The lowest BCUT2D eigenvalue weighted by Crippen LogP contribution is -2.55. The van der Waals surface area contributed by atoms with Crippen LogP contribution in [0.5, 0.6) is 11.5 Å². The van der Waals surface area contributed by atoms with Crippen molar-refractivity contribution < 1.29 is 37.1 Å². The summed E-state index contributed by atoms with van der Waals surface area (Å²) < 4.78 is 36.7. The first-order chi connectivity index (χ1) is 24.7. The zero-order valence-corrected chi connectivity index (χ0v) is 31.1. The quantitative estimate of drug-likeness (QED) is 0.139. The number of sulfonamides is 1. The molecule has 280 valence electrons. The largest absolute Gasteiger partial charge is 0.454 e. The number of carbonyl (C=O) groups is 4. The minimum atomic E-state index is -3.74. The van der Waals surface area contributed by atoms with Crippen LogP contribution < -0.4 is 40.4 Å². The Morgan fingerprint density at radius 2 is 1.48 bits per heavy atom. The molecular formula is C37H48N6O8S. The van der Waals surface area contributed by atoms with E-state index < -0.39 is 40.0 Å². The van der Waals surface area contributed by atoms with Gasteiger partial charge < -0.3 is 36.1 Å². The molecule has 0 spiro atoms. The predicted molar refractivity (Wildman–Crippen MR) is 198 cm³/mol. The summed E-state index contributed by atoms with van der Waals surface area (Å²) in [4.78, 5) is 52.9. The molecular weight excluding hydrogens is 689 g/mol. The third-order valence-corrected chi connectivity index (χ3v) is 9.72. The number of fused-ring (bicyclic) bond motifs is 1. The Morgan fingerprint density at radius 1 is 0.808 bits per heavy atom. The molecule has 0 radical (unpaired) electrons. The highest BCUT2D eigenvalue weighted by Gasteiger charge is 2.27. The monoisotopic (exact) mass is 736 g/mol. The summed E-state index contributed by atoms with van der Waals surface area (Å²) in [6.45, 7) is 8.04. The highest BCUT2D eigenvalue weighted by molar-refractivity contribution is 7.92. The normalized spacial score (nSPS) is 13.8. The molecule has 5 N–H and O–H groups in total. The van der Waals surface area contributed by atoms with Crippen LogP contribution in [0.4, 0.5) is 5.69 Å². The van der Waals surface area contributed by atoms with E-state index in [1.54, 1.807) is 32.0 Å². The Labute approximate surface area is 305 Å². The molecule has 3 aromatic rings. The third kappa shape index (κ3) is 10.9. The highest BCUT2D eigenvalue weighted by Crippen LogP contribution is 2.32. The molecule has 1 heterocycles. The van der Waals surface area contributed by atoms with Gasteiger partial charge in [-0.2, -0.15) is 0 Å². The number of benzene rings is 3. The lowest BCUT2D eigenvalue weighted by Gasteiger charge is -2.25. The van der Waals surface area contributed by atoms with E-state index in [0.717, 1.165) is 21.7 Å². The van der Waals surface area contributed by atoms with Crippen LogP contribution in [0.15, 0.2) is 66.7 Å². The van der Waals surface area contributed by atoms with Crippen LogP contribution in [0.3, 0.4) is 0 Å². The Balaban J connectivity index is 1.53. The number of amides is 4. The summed E-state index contributed by atoms with van der Waals surface area (Å²) in [7, 11) is -2.41. The summed E-state index contributed by atoms with van der Waals surface area (Å²) in [6.07, 6.45) is 1.42. The Bertz CT molecular complexity index is 1850. The maximum atomic E-state index is 13.9. The number of hydrogen-bond donors (Lipinski definition) is 5. The van der Waals surface area contributed by atoms with Crippen molar-refractivity contribution in [2.45, 2.75) is 58.8 Å². The fourth-order valence-electron chi connectivity index (χ4n) is 5.43. The van der Waals surface area contributed by atoms with Gasteiger partial charge in [0.25, 0.3) is 11.8 Å². The summed E-state index contributed by atoms with van der Waals surface area (Å²) >= 11 is 0. The van der Waals surface area contributed by atoms with Gasteiger partial charge >= 0.3 is 0 Å². The van der Waals surface area contributed by atoms with Gasteiger partial charge in [0.1, 0.15) is 6.04 Å². The number of likely N-dealkylation sites (N-methyl/N-ethyl adjacent to an activating group) is 1. The molecule has 0 bridgehead atoms. The molecule has 52 heavy (non-hydrogen) atoms. The summed E-state index contributed by atoms with van der Waals surface area (Å²) in [5, 5.41) is 14.6. The molecule has 0 unspecified atom stereocenters. The molecule has 1 aliphatic rings. The van der Waals surface area contributed by atoms with Gasteiger partial charge in [-0.3, -0.25) is 23.5 Å². The Hall–Kier alpha value is -5.15. The molecule has 14 nitrogen and oxygen atoms in total. The van der Waals surface area contributed by atoms with Crippen molar-refractivity contribution >= 4 is 39.3 Å². The lowest BCUT2D eigenvalue weighted by atomic mass is 10.0. The molecule has 1 aliphatic heterocycles. The second kappa shape index (κ2) is 17.9. The Morgan fingerprint density at radius 3 is 2.13 bits per heavy atom. The fourth-order valence-corrected chi connectivity index (χ4v) is 5.92. The zero-order valence-electron chi connectivity index (χ0n) is 30.3. The average Bonchev–Trinajstić information content (AvgIpc) is 3.59. The molecule has 3 atom stereocenters. The molecule has 0 aromatic heterocycles. The van der Waals surface area contributed by atoms with Crippen LogP contribution in [0, 0.1) is 5.92 Å². The molecule has 0 saturated carbocycles. The molecule has 3 aromatic carbocycles. The van der Waals surface area contributed by atoms with E-state index in [1.165, 1.54) is 25.2 Å². The number of carbonyl (C=O) groups excluding carboxylic acids is 4. The number of nitrogens with zero attached hydrogens (tertiary/aromatic N) is 1. The van der Waals surface area contributed by atoms with Crippen LogP contribution in [-0.2, 0) is 32.6 Å². The van der Waals surface area contributed by atoms with Crippen molar-refractivity contribution in [3.8, 4) is 11.5 Å². The fraction of sp³-hybridized carbons (Fsp3) is 0.405. The van der Waals surface area contributed by atoms with Crippen molar-refractivity contribution in [2.24, 2.45) is 5.92 Å². The van der Waals surface area contributed by atoms with E-state index in [2.05, 4.69) is 26.6 Å². The van der Waals surface area contributed by atoms with Crippen LogP contribution >= 0.6 is 0 Å². The first-order valence-electron chi connectivity index (χ1n) is 17.1. The van der Waals surface area contributed by atoms with E-state index in [4.69, 9.17) is 9.47 Å². The number of hydrogen-bond acceptors (Lipinski definition) is 9. The summed E-state index contributed by atoms with van der Waals surface area (Å²) in [6, 6.07) is 17.0. The molecule has 4 rings (SSSR count). The minimum Gasteiger partial charge on any atom is -0.454 e. The van der Waals surface area contributed by atoms with Gasteiger partial charge in [-0.1, -0.05) is 50.2 Å². The Kier molecular flexibility index (Phi) is 13.6. The maximum Gasteiger partial charge on any atom is 0.251 e.